The van der Waals surface area contributed by atoms with E-state index in [1.807, 2.05) is 54.6 Å². The number of aromatic nitrogens is 1. The van der Waals surface area contributed by atoms with E-state index < -0.39 is 60.2 Å². The molecule has 13 heteroatoms. The van der Waals surface area contributed by atoms with Gasteiger partial charge in [-0.15, -0.1) is 0 Å². The monoisotopic (exact) mass is 594 g/mol. The summed E-state index contributed by atoms with van der Waals surface area (Å²) >= 11 is 0. The second-order valence-electron chi connectivity index (χ2n) is 10.3. The maximum absolute atomic E-state index is 13.6. The van der Waals surface area contributed by atoms with Crippen molar-refractivity contribution in [1.29, 1.82) is 0 Å². The number of unbranched alkanes of at least 4 members (excludes halogenated alkanes) is 1. The van der Waals surface area contributed by atoms with Crippen LogP contribution in [0.15, 0.2) is 60.8 Å². The Morgan fingerprint density at radius 2 is 1.40 bits per heavy atom. The number of nitrogens with one attached hydrogen (secondary N) is 4. The molecule has 0 aliphatic carbocycles. The number of carbonyl (C=O) groups excluding carboxylic acids is 3. The number of aliphatic carboxylic acids is 2. The highest BCUT2D eigenvalue weighted by Crippen LogP contribution is 2.19. The fraction of sp³-hybridized carbons (Fsp3) is 0.367. The molecular weight excluding hydrogens is 556 g/mol. The predicted octanol–water partition coefficient (Wildman–Crippen LogP) is 0.423. The number of rotatable bonds is 17. The molecule has 4 unspecified atom stereocenters. The van der Waals surface area contributed by atoms with E-state index in [1.165, 1.54) is 0 Å². The number of carbonyl (C=O) groups is 5. The van der Waals surface area contributed by atoms with E-state index in [4.69, 9.17) is 16.6 Å². The lowest BCUT2D eigenvalue weighted by Gasteiger charge is -2.25. The highest BCUT2D eigenvalue weighted by molar-refractivity contribution is 5.95. The molecule has 0 aliphatic heterocycles. The zero-order valence-electron chi connectivity index (χ0n) is 23.6. The van der Waals surface area contributed by atoms with E-state index in [1.54, 1.807) is 6.20 Å². The summed E-state index contributed by atoms with van der Waals surface area (Å²) < 4.78 is 0. The lowest BCUT2D eigenvalue weighted by Crippen LogP contribution is -2.58. The number of hydrogen-bond acceptors (Lipinski definition) is 7. The molecule has 13 nitrogen and oxygen atoms in total. The lowest BCUT2D eigenvalue weighted by atomic mass is 10.0. The molecule has 43 heavy (non-hydrogen) atoms. The summed E-state index contributed by atoms with van der Waals surface area (Å²) in [5.74, 6) is -5.07. The number of fused-ring (bicyclic) bond motifs is 1. The molecule has 0 saturated carbocycles. The highest BCUT2D eigenvalue weighted by Gasteiger charge is 2.31. The molecule has 230 valence electrons. The molecule has 0 fully saturated rings. The smallest absolute Gasteiger partial charge is 0.326 e. The predicted molar refractivity (Wildman–Crippen MR) is 159 cm³/mol. The van der Waals surface area contributed by atoms with E-state index in [9.17, 15) is 29.1 Å². The Morgan fingerprint density at radius 3 is 2.07 bits per heavy atom. The number of para-hydroxylation sites is 1. The van der Waals surface area contributed by atoms with E-state index in [2.05, 4.69) is 20.9 Å². The third-order valence-electron chi connectivity index (χ3n) is 6.94. The average molecular weight is 595 g/mol. The molecule has 0 saturated heterocycles. The number of hydrogen-bond donors (Lipinski definition) is 8. The van der Waals surface area contributed by atoms with E-state index in [0.29, 0.717) is 24.9 Å². The number of carboxylic acid groups (broad SMARTS) is 2. The Morgan fingerprint density at radius 1 is 0.767 bits per heavy atom. The van der Waals surface area contributed by atoms with Crippen molar-refractivity contribution in [2.75, 3.05) is 6.54 Å². The van der Waals surface area contributed by atoms with Crippen molar-refractivity contribution < 1.29 is 34.2 Å². The molecule has 0 bridgehead atoms. The quantitative estimate of drug-likeness (QED) is 0.101. The maximum atomic E-state index is 13.6. The standard InChI is InChI=1S/C30H38N6O7/c31-13-7-6-12-23(34-27(39)21(32)14-18-8-2-1-3-9-18)28(40)35-24(29(41)36-25(30(42)43)16-26(37)38)15-19-17-33-22-11-5-4-10-20(19)22/h1-5,8-11,17,21,23-25,33H,6-7,12-16,31-32H2,(H,34,39)(H,35,40)(H,36,41)(H,37,38)(H,42,43). The molecule has 1 heterocycles. The van der Waals surface area contributed by atoms with Gasteiger partial charge in [0.1, 0.15) is 18.1 Å². The van der Waals surface area contributed by atoms with Gasteiger partial charge in [0, 0.05) is 23.5 Å². The number of nitrogens with two attached hydrogens (primary N) is 2. The molecule has 0 aliphatic rings. The first kappa shape index (κ1) is 32.8. The number of carboxylic acids is 2. The summed E-state index contributed by atoms with van der Waals surface area (Å²) in [7, 11) is 0. The number of aromatic amines is 1. The first-order valence-corrected chi connectivity index (χ1v) is 14.0. The lowest BCUT2D eigenvalue weighted by molar-refractivity contribution is -0.147. The van der Waals surface area contributed by atoms with Gasteiger partial charge >= 0.3 is 11.9 Å². The summed E-state index contributed by atoms with van der Waals surface area (Å²) in [5.41, 5.74) is 14.0. The van der Waals surface area contributed by atoms with Gasteiger partial charge in [0.25, 0.3) is 0 Å². The molecule has 0 radical (unpaired) electrons. The molecule has 0 spiro atoms. The van der Waals surface area contributed by atoms with Crippen molar-refractivity contribution >= 4 is 40.6 Å². The normalized spacial score (nSPS) is 13.8. The van der Waals surface area contributed by atoms with Crippen LogP contribution < -0.4 is 27.4 Å². The van der Waals surface area contributed by atoms with E-state index in [-0.39, 0.29) is 19.3 Å². The van der Waals surface area contributed by atoms with Gasteiger partial charge in [-0.3, -0.25) is 19.2 Å². The van der Waals surface area contributed by atoms with Crippen LogP contribution >= 0.6 is 0 Å². The third kappa shape index (κ3) is 9.94. The molecule has 1 aromatic heterocycles. The van der Waals surface area contributed by atoms with E-state index >= 15 is 0 Å². The molecule has 3 aromatic rings. The molecule has 4 atom stereocenters. The summed E-state index contributed by atoms with van der Waals surface area (Å²) in [6, 6.07) is 11.4. The summed E-state index contributed by atoms with van der Waals surface area (Å²) in [6.07, 6.45) is 2.32. The fourth-order valence-electron chi connectivity index (χ4n) is 4.65. The minimum absolute atomic E-state index is 0.0437. The van der Waals surface area contributed by atoms with Crippen molar-refractivity contribution in [2.24, 2.45) is 11.5 Å². The molecule has 2 aromatic carbocycles. The SMILES string of the molecule is NCCCCC(NC(=O)C(N)Cc1ccccc1)C(=O)NC(Cc1c[nH]c2ccccc12)C(=O)NC(CC(=O)O)C(=O)O. The zero-order valence-corrected chi connectivity index (χ0v) is 23.6. The second kappa shape index (κ2) is 16.0. The van der Waals surface area contributed by atoms with Gasteiger partial charge < -0.3 is 42.6 Å². The van der Waals surface area contributed by atoms with Crippen molar-refractivity contribution in [3.05, 3.63) is 71.9 Å². The van der Waals surface area contributed by atoms with Gasteiger partial charge in [0.05, 0.1) is 12.5 Å². The van der Waals surface area contributed by atoms with Crippen LogP contribution in [0.3, 0.4) is 0 Å². The summed E-state index contributed by atoms with van der Waals surface area (Å²) in [6.45, 7) is 0.377. The maximum Gasteiger partial charge on any atom is 0.326 e. The third-order valence-corrected chi connectivity index (χ3v) is 6.94. The van der Waals surface area contributed by atoms with Crippen molar-refractivity contribution in [2.45, 2.75) is 62.7 Å². The Bertz CT molecular complexity index is 1410. The van der Waals surface area contributed by atoms with Crippen molar-refractivity contribution in [3.8, 4) is 0 Å². The van der Waals surface area contributed by atoms with Gasteiger partial charge in [-0.2, -0.15) is 0 Å². The Kier molecular flexibility index (Phi) is 12.2. The molecule has 3 rings (SSSR count). The Balaban J connectivity index is 1.82. The van der Waals surface area contributed by atoms with Crippen LogP contribution in [0.1, 0.15) is 36.8 Å². The van der Waals surface area contributed by atoms with Crippen LogP contribution in [-0.4, -0.2) is 75.6 Å². The van der Waals surface area contributed by atoms with Gasteiger partial charge in [0.2, 0.25) is 17.7 Å². The molecule has 10 N–H and O–H groups in total. The first-order valence-electron chi connectivity index (χ1n) is 14.0. The van der Waals surface area contributed by atoms with Crippen LogP contribution in [0, 0.1) is 0 Å². The Labute approximate surface area is 248 Å². The van der Waals surface area contributed by atoms with Gasteiger partial charge in [0.15, 0.2) is 0 Å². The number of benzene rings is 2. The minimum Gasteiger partial charge on any atom is -0.481 e. The Hall–Kier alpha value is -4.75. The van der Waals surface area contributed by atoms with Crippen LogP contribution in [0.5, 0.6) is 0 Å². The molecular formula is C30H38N6O7. The topological polar surface area (TPSA) is 230 Å². The first-order chi connectivity index (χ1) is 20.6. The van der Waals surface area contributed by atoms with Crippen LogP contribution in [0.2, 0.25) is 0 Å². The van der Waals surface area contributed by atoms with E-state index in [0.717, 1.165) is 16.5 Å². The number of amides is 3. The average Bonchev–Trinajstić information content (AvgIpc) is 3.38. The van der Waals surface area contributed by atoms with Crippen LogP contribution in [0.4, 0.5) is 0 Å². The second-order valence-corrected chi connectivity index (χ2v) is 10.3. The largest absolute Gasteiger partial charge is 0.481 e. The minimum atomic E-state index is -1.72. The summed E-state index contributed by atoms with van der Waals surface area (Å²) in [4.78, 5) is 65.8. The van der Waals surface area contributed by atoms with Gasteiger partial charge in [-0.25, -0.2) is 4.79 Å². The van der Waals surface area contributed by atoms with Gasteiger partial charge in [-0.05, 0) is 49.4 Å². The zero-order chi connectivity index (χ0) is 31.4. The van der Waals surface area contributed by atoms with Gasteiger partial charge in [-0.1, -0.05) is 48.5 Å². The van der Waals surface area contributed by atoms with Crippen LogP contribution in [0.25, 0.3) is 10.9 Å². The van der Waals surface area contributed by atoms with Crippen molar-refractivity contribution in [1.82, 2.24) is 20.9 Å². The number of H-pyrrole nitrogens is 1. The molecule has 3 amide bonds. The van der Waals surface area contributed by atoms with Crippen LogP contribution in [-0.2, 0) is 36.8 Å². The summed E-state index contributed by atoms with van der Waals surface area (Å²) in [5, 5.41) is 26.9. The highest BCUT2D eigenvalue weighted by atomic mass is 16.4. The van der Waals surface area contributed by atoms with Crippen molar-refractivity contribution in [3.63, 3.8) is 0 Å². The fourth-order valence-corrected chi connectivity index (χ4v) is 4.65.